The Labute approximate surface area is 145 Å². The van der Waals surface area contributed by atoms with Crippen LogP contribution in [0.15, 0.2) is 78.4 Å². The number of hydrogen-bond donors (Lipinski definition) is 0. The Morgan fingerprint density at radius 2 is 1.62 bits per heavy atom. The van der Waals surface area contributed by atoms with Gasteiger partial charge in [-0.25, -0.2) is 4.79 Å². The van der Waals surface area contributed by atoms with Gasteiger partial charge in [-0.05, 0) is 28.0 Å². The number of esters is 1. The van der Waals surface area contributed by atoms with Crippen molar-refractivity contribution in [2.45, 2.75) is 12.5 Å². The molecule has 0 spiro atoms. The van der Waals surface area contributed by atoms with E-state index in [1.165, 1.54) is 5.39 Å². The van der Waals surface area contributed by atoms with Crippen molar-refractivity contribution < 1.29 is 9.53 Å². The van der Waals surface area contributed by atoms with Gasteiger partial charge in [0.2, 0.25) is 0 Å². The van der Waals surface area contributed by atoms with Crippen molar-refractivity contribution in [2.75, 3.05) is 0 Å². The number of carbonyl (C=O) groups is 1. The molecule has 3 heteroatoms. The molecular formula is C21H15ClO2. The molecule has 0 saturated carbocycles. The second kappa shape index (κ2) is 6.14. The minimum Gasteiger partial charge on any atom is -0.454 e. The summed E-state index contributed by atoms with van der Waals surface area (Å²) in [6.45, 7) is 0. The van der Waals surface area contributed by atoms with Crippen LogP contribution in [0.25, 0.3) is 15.8 Å². The average molecular weight is 335 g/mol. The van der Waals surface area contributed by atoms with Gasteiger partial charge in [0.1, 0.15) is 6.10 Å². The molecule has 24 heavy (non-hydrogen) atoms. The third-order valence-corrected chi connectivity index (χ3v) is 4.77. The Balaban J connectivity index is 1.68. The Hall–Kier alpha value is -2.58. The fourth-order valence-electron chi connectivity index (χ4n) is 3.04. The van der Waals surface area contributed by atoms with Gasteiger partial charge in [-0.2, -0.15) is 0 Å². The highest BCUT2D eigenvalue weighted by Gasteiger charge is 2.32. The molecule has 0 radical (unpaired) electrons. The van der Waals surface area contributed by atoms with Crippen LogP contribution in [0.4, 0.5) is 0 Å². The largest absolute Gasteiger partial charge is 0.454 e. The van der Waals surface area contributed by atoms with Crippen molar-refractivity contribution in [2.24, 2.45) is 0 Å². The van der Waals surface area contributed by atoms with Crippen molar-refractivity contribution >= 4 is 33.4 Å². The second-order valence-electron chi connectivity index (χ2n) is 5.86. The third-order valence-electron chi connectivity index (χ3n) is 4.32. The van der Waals surface area contributed by atoms with Crippen LogP contribution in [0, 0.1) is 0 Å². The van der Waals surface area contributed by atoms with Crippen LogP contribution in [0.3, 0.4) is 0 Å². The number of halogens is 1. The highest BCUT2D eigenvalue weighted by atomic mass is 35.5. The van der Waals surface area contributed by atoms with Crippen molar-refractivity contribution in [3.8, 4) is 0 Å². The maximum atomic E-state index is 12.3. The van der Waals surface area contributed by atoms with Crippen LogP contribution in [-0.4, -0.2) is 5.97 Å². The summed E-state index contributed by atoms with van der Waals surface area (Å²) < 4.78 is 5.57. The van der Waals surface area contributed by atoms with Gasteiger partial charge in [0.05, 0.1) is 10.6 Å². The fourth-order valence-corrected chi connectivity index (χ4v) is 3.32. The molecule has 1 atom stereocenters. The first-order chi connectivity index (χ1) is 11.7. The molecular weight excluding hydrogens is 320 g/mol. The Bertz CT molecular complexity index is 944. The molecule has 3 aromatic carbocycles. The van der Waals surface area contributed by atoms with Crippen LogP contribution < -0.4 is 0 Å². The summed E-state index contributed by atoms with van der Waals surface area (Å²) in [4.78, 5) is 12.3. The monoisotopic (exact) mass is 334 g/mol. The van der Waals surface area contributed by atoms with E-state index in [4.69, 9.17) is 16.3 Å². The molecule has 0 aliphatic carbocycles. The van der Waals surface area contributed by atoms with Gasteiger partial charge >= 0.3 is 5.97 Å². The highest BCUT2D eigenvalue weighted by Crippen LogP contribution is 2.39. The van der Waals surface area contributed by atoms with E-state index in [0.717, 1.165) is 16.5 Å². The topological polar surface area (TPSA) is 26.3 Å². The van der Waals surface area contributed by atoms with Gasteiger partial charge < -0.3 is 4.74 Å². The predicted molar refractivity (Wildman–Crippen MR) is 96.6 cm³/mol. The van der Waals surface area contributed by atoms with E-state index in [1.54, 1.807) is 0 Å². The lowest BCUT2D eigenvalue weighted by Crippen LogP contribution is -1.99. The predicted octanol–water partition coefficient (Wildman–Crippen LogP) is 5.48. The summed E-state index contributed by atoms with van der Waals surface area (Å²) >= 11 is 6.43. The van der Waals surface area contributed by atoms with Crippen LogP contribution in [0.5, 0.6) is 0 Å². The van der Waals surface area contributed by atoms with Crippen LogP contribution >= 0.6 is 11.6 Å². The normalized spacial score (nSPS) is 19.4. The molecule has 1 unspecified atom stereocenters. The van der Waals surface area contributed by atoms with E-state index in [-0.39, 0.29) is 12.1 Å². The van der Waals surface area contributed by atoms with Crippen LogP contribution in [0.1, 0.15) is 23.7 Å². The Kier molecular flexibility index (Phi) is 3.83. The summed E-state index contributed by atoms with van der Waals surface area (Å²) in [5.74, 6) is -0.331. The first-order valence-electron chi connectivity index (χ1n) is 7.86. The molecule has 2 nitrogen and oxygen atoms in total. The molecule has 3 aromatic rings. The van der Waals surface area contributed by atoms with Crippen molar-refractivity contribution in [3.63, 3.8) is 0 Å². The van der Waals surface area contributed by atoms with Gasteiger partial charge in [0, 0.05) is 6.42 Å². The van der Waals surface area contributed by atoms with E-state index in [0.29, 0.717) is 17.0 Å². The maximum Gasteiger partial charge on any atom is 0.336 e. The van der Waals surface area contributed by atoms with Crippen molar-refractivity contribution in [1.29, 1.82) is 0 Å². The number of carbonyl (C=O) groups excluding carboxylic acids is 1. The zero-order valence-electron chi connectivity index (χ0n) is 12.9. The average Bonchev–Trinajstić information content (AvgIpc) is 3.03. The minimum absolute atomic E-state index is 0.283. The molecule has 118 valence electrons. The first kappa shape index (κ1) is 15.0. The molecule has 1 heterocycles. The van der Waals surface area contributed by atoms with Crippen molar-refractivity contribution in [3.05, 3.63) is 89.5 Å². The van der Waals surface area contributed by atoms with E-state index >= 15 is 0 Å². The maximum absolute atomic E-state index is 12.3. The number of benzene rings is 3. The van der Waals surface area contributed by atoms with Gasteiger partial charge in [-0.1, -0.05) is 78.3 Å². The zero-order chi connectivity index (χ0) is 16.5. The molecule has 0 aromatic heterocycles. The van der Waals surface area contributed by atoms with Crippen LogP contribution in [-0.2, 0) is 9.53 Å². The first-order valence-corrected chi connectivity index (χ1v) is 8.24. The van der Waals surface area contributed by atoms with Crippen molar-refractivity contribution in [1.82, 2.24) is 0 Å². The molecule has 1 fully saturated rings. The van der Waals surface area contributed by atoms with Crippen LogP contribution in [0.2, 0.25) is 0 Å². The lowest BCUT2D eigenvalue weighted by atomic mass is 9.99. The zero-order valence-corrected chi connectivity index (χ0v) is 13.7. The summed E-state index contributed by atoms with van der Waals surface area (Å²) in [5, 5.41) is 2.78. The summed E-state index contributed by atoms with van der Waals surface area (Å²) in [6, 6.07) is 23.8. The quantitative estimate of drug-likeness (QED) is 0.458. The van der Waals surface area contributed by atoms with Gasteiger partial charge in [0.15, 0.2) is 0 Å². The number of rotatable bonds is 2. The molecule has 4 rings (SSSR count). The number of ether oxygens (including phenoxy) is 1. The SMILES string of the molecule is O=C1OC(c2ccc3ccccc3c2)C/C1=C(/Cl)c1ccccc1. The lowest BCUT2D eigenvalue weighted by Gasteiger charge is -2.09. The van der Waals surface area contributed by atoms with E-state index in [2.05, 4.69) is 24.3 Å². The fraction of sp³-hybridized carbons (Fsp3) is 0.0952. The standard InChI is InChI=1S/C21H15ClO2/c22-20(15-7-2-1-3-8-15)18-13-19(24-21(18)23)17-11-10-14-6-4-5-9-16(14)12-17/h1-12,19H,13H2/b20-18-. The van der Waals surface area contributed by atoms with E-state index in [1.807, 2.05) is 48.5 Å². The summed E-state index contributed by atoms with van der Waals surface area (Å²) in [5.41, 5.74) is 2.38. The summed E-state index contributed by atoms with van der Waals surface area (Å²) in [7, 11) is 0. The van der Waals surface area contributed by atoms with E-state index in [9.17, 15) is 4.79 Å². The van der Waals surface area contributed by atoms with Gasteiger partial charge in [-0.15, -0.1) is 0 Å². The van der Waals surface area contributed by atoms with E-state index < -0.39 is 0 Å². The molecule has 0 N–H and O–H groups in total. The third kappa shape index (κ3) is 2.70. The molecule has 0 amide bonds. The Morgan fingerprint density at radius 1 is 0.917 bits per heavy atom. The number of fused-ring (bicyclic) bond motifs is 1. The lowest BCUT2D eigenvalue weighted by molar-refractivity contribution is -0.139. The number of cyclic esters (lactones) is 1. The summed E-state index contributed by atoms with van der Waals surface area (Å²) in [6.07, 6.45) is 0.208. The Morgan fingerprint density at radius 3 is 2.42 bits per heavy atom. The molecule has 1 aliphatic heterocycles. The van der Waals surface area contributed by atoms with Gasteiger partial charge in [-0.3, -0.25) is 0 Å². The minimum atomic E-state index is -0.331. The molecule has 0 bridgehead atoms. The number of hydrogen-bond acceptors (Lipinski definition) is 2. The second-order valence-corrected chi connectivity index (χ2v) is 6.24. The smallest absolute Gasteiger partial charge is 0.336 e. The van der Waals surface area contributed by atoms with Gasteiger partial charge in [0.25, 0.3) is 0 Å². The highest BCUT2D eigenvalue weighted by molar-refractivity contribution is 6.51. The molecule has 1 aliphatic rings. The molecule has 1 saturated heterocycles.